The van der Waals surface area contributed by atoms with Crippen molar-refractivity contribution in [1.82, 2.24) is 0 Å². The number of benzene rings is 1. The molecule has 1 aromatic rings. The van der Waals surface area contributed by atoms with Crippen molar-refractivity contribution in [3.8, 4) is 0 Å². The minimum absolute atomic E-state index is 0.234. The molecule has 0 radical (unpaired) electrons. The predicted molar refractivity (Wildman–Crippen MR) is 58.4 cm³/mol. The lowest BCUT2D eigenvalue weighted by atomic mass is 10.2. The Bertz CT molecular complexity index is 242. The summed E-state index contributed by atoms with van der Waals surface area (Å²) < 4.78 is 0. The number of hydrogen-bond acceptors (Lipinski definition) is 0. The van der Waals surface area contributed by atoms with Crippen LogP contribution in [0.1, 0.15) is 10.6 Å². The predicted octanol–water partition coefficient (Wildman–Crippen LogP) is 4.06. The Labute approximate surface area is 87.9 Å². The summed E-state index contributed by atoms with van der Waals surface area (Å²) in [5.41, 5.74) is 0.998. The Morgan fingerprint density at radius 3 is 2.08 bits per heavy atom. The molecule has 0 amide bonds. The van der Waals surface area contributed by atoms with Gasteiger partial charge in [0.2, 0.25) is 0 Å². The summed E-state index contributed by atoms with van der Waals surface area (Å²) in [6.07, 6.45) is 0. The van der Waals surface area contributed by atoms with Crippen molar-refractivity contribution in [3.63, 3.8) is 0 Å². The molecule has 0 heterocycles. The van der Waals surface area contributed by atoms with Gasteiger partial charge in [0.15, 0.2) is 0 Å². The lowest BCUT2D eigenvalue weighted by Gasteiger charge is -2.17. The van der Waals surface area contributed by atoms with E-state index < -0.39 is 6.69 Å². The summed E-state index contributed by atoms with van der Waals surface area (Å²) in [7, 11) is 0. The van der Waals surface area contributed by atoms with E-state index in [0.29, 0.717) is 0 Å². The van der Waals surface area contributed by atoms with E-state index in [4.69, 9.17) is 33.8 Å². The van der Waals surface area contributed by atoms with Gasteiger partial charge < -0.3 is 0 Å². The van der Waals surface area contributed by atoms with E-state index in [9.17, 15) is 0 Å². The quantitative estimate of drug-likeness (QED) is 0.415. The van der Waals surface area contributed by atoms with Crippen molar-refractivity contribution in [2.45, 2.75) is 11.5 Å². The zero-order valence-corrected chi connectivity index (χ0v) is 9.87. The summed E-state index contributed by atoms with van der Waals surface area (Å²) in [4.78, 5) is 0. The molecular weight excluding hydrogens is 231 g/mol. The normalized spacial score (nSPS) is 14.3. The molecule has 4 heteroatoms. The average Bonchev–Trinajstić information content (AvgIpc) is 2.03. The largest absolute Gasteiger partial charge is 0.269 e. The van der Waals surface area contributed by atoms with Gasteiger partial charge in [-0.05, 0) is 12.1 Å². The molecule has 0 spiro atoms. The fraction of sp³-hybridized carbons (Fsp3) is 0.250. The highest BCUT2D eigenvalue weighted by molar-refractivity contribution is 7.46. The first-order valence-corrected chi connectivity index (χ1v) is 8.62. The highest BCUT2D eigenvalue weighted by atomic mass is 35.7. The van der Waals surface area contributed by atoms with Crippen molar-refractivity contribution >= 4 is 40.5 Å². The number of halogens is 3. The molecule has 0 bridgehead atoms. The van der Waals surface area contributed by atoms with Crippen LogP contribution in [0, 0.1) is 0 Å². The minimum Gasteiger partial charge on any atom is -0.144 e. The molecule has 0 aliphatic heterocycles. The van der Waals surface area contributed by atoms with Crippen molar-refractivity contribution < 1.29 is 0 Å². The molecule has 1 unspecified atom stereocenters. The molecule has 0 aromatic heterocycles. The van der Waals surface area contributed by atoms with Crippen LogP contribution in [0.5, 0.6) is 0 Å². The maximum atomic E-state index is 6.08. The third-order valence-electron chi connectivity index (χ3n) is 1.54. The Kier molecular flexibility index (Phi) is 3.47. The second kappa shape index (κ2) is 4.01. The maximum Gasteiger partial charge on any atom is 0.269 e. The minimum atomic E-state index is -2.29. The number of rotatable bonds is 2. The number of alkyl halides is 1. The zero-order chi connectivity index (χ0) is 9.19. The first-order chi connectivity index (χ1) is 5.52. The van der Waals surface area contributed by atoms with Crippen LogP contribution in [-0.2, 0) is 0 Å². The Hall–Kier alpha value is 0.307. The van der Waals surface area contributed by atoms with E-state index in [1.807, 2.05) is 36.9 Å². The van der Waals surface area contributed by atoms with E-state index in [0.717, 1.165) is 5.56 Å². The van der Waals surface area contributed by atoms with E-state index in [1.165, 1.54) is 0 Å². The van der Waals surface area contributed by atoms with Gasteiger partial charge in [-0.25, -0.2) is 0 Å². The zero-order valence-electron chi connectivity index (χ0n) is 6.60. The summed E-state index contributed by atoms with van der Waals surface area (Å²) in [6.45, 7) is -0.471. The van der Waals surface area contributed by atoms with Crippen LogP contribution in [0.15, 0.2) is 30.3 Å². The smallest absolute Gasteiger partial charge is 0.144 e. The standard InChI is InChI=1S/C8H9Cl3Si/c1-12(10,11)8(9)7-5-3-2-4-6-7/h2-6,8H,1H3. The van der Waals surface area contributed by atoms with Crippen molar-refractivity contribution in [2.75, 3.05) is 0 Å². The van der Waals surface area contributed by atoms with Crippen molar-refractivity contribution in [3.05, 3.63) is 35.9 Å². The molecule has 0 fully saturated rings. The van der Waals surface area contributed by atoms with E-state index in [1.54, 1.807) is 0 Å². The van der Waals surface area contributed by atoms with Gasteiger partial charge >= 0.3 is 0 Å². The fourth-order valence-corrected chi connectivity index (χ4v) is 2.59. The van der Waals surface area contributed by atoms with E-state index in [-0.39, 0.29) is 5.00 Å². The summed E-state index contributed by atoms with van der Waals surface area (Å²) in [5.74, 6) is 0. The molecular formula is C8H9Cl3Si. The first kappa shape index (κ1) is 10.4. The van der Waals surface area contributed by atoms with Crippen LogP contribution >= 0.6 is 33.8 Å². The summed E-state index contributed by atoms with van der Waals surface area (Å²) in [6, 6.07) is 9.67. The molecule has 0 aliphatic rings. The third-order valence-corrected chi connectivity index (χ3v) is 6.30. The molecule has 1 rings (SSSR count). The van der Waals surface area contributed by atoms with Crippen LogP contribution in [0.4, 0.5) is 0 Å². The number of hydrogen-bond donors (Lipinski definition) is 0. The molecule has 0 saturated heterocycles. The van der Waals surface area contributed by atoms with Gasteiger partial charge in [0.25, 0.3) is 6.69 Å². The van der Waals surface area contributed by atoms with E-state index >= 15 is 0 Å². The van der Waals surface area contributed by atoms with Gasteiger partial charge in [-0.2, -0.15) is 0 Å². The SMILES string of the molecule is C[Si](Cl)(Cl)C(Cl)c1ccccc1. The van der Waals surface area contributed by atoms with Gasteiger partial charge in [0, 0.05) is 0 Å². The monoisotopic (exact) mass is 238 g/mol. The molecule has 0 saturated carbocycles. The Balaban J connectivity index is 2.86. The third kappa shape index (κ3) is 2.66. The molecule has 1 atom stereocenters. The lowest BCUT2D eigenvalue weighted by Crippen LogP contribution is -2.21. The highest BCUT2D eigenvalue weighted by Gasteiger charge is 2.32. The van der Waals surface area contributed by atoms with Gasteiger partial charge in [-0.15, -0.1) is 33.8 Å². The Morgan fingerprint density at radius 1 is 1.17 bits per heavy atom. The maximum absolute atomic E-state index is 6.08. The van der Waals surface area contributed by atoms with Gasteiger partial charge in [0.05, 0.1) is 5.00 Å². The molecule has 12 heavy (non-hydrogen) atoms. The second-order valence-electron chi connectivity index (χ2n) is 2.73. The van der Waals surface area contributed by atoms with Crippen LogP contribution in [0.3, 0.4) is 0 Å². The van der Waals surface area contributed by atoms with Gasteiger partial charge in [0.1, 0.15) is 0 Å². The van der Waals surface area contributed by atoms with Gasteiger partial charge in [-0.3, -0.25) is 0 Å². The fourth-order valence-electron chi connectivity index (χ4n) is 0.915. The lowest BCUT2D eigenvalue weighted by molar-refractivity contribution is 1.31. The van der Waals surface area contributed by atoms with Crippen LogP contribution in [-0.4, -0.2) is 6.69 Å². The average molecular weight is 240 g/mol. The topological polar surface area (TPSA) is 0 Å². The van der Waals surface area contributed by atoms with Crippen molar-refractivity contribution in [2.24, 2.45) is 0 Å². The summed E-state index contributed by atoms with van der Waals surface area (Å²) >= 11 is 18.1. The molecule has 0 N–H and O–H groups in total. The molecule has 0 aliphatic carbocycles. The van der Waals surface area contributed by atoms with Crippen LogP contribution in [0.25, 0.3) is 0 Å². The highest BCUT2D eigenvalue weighted by Crippen LogP contribution is 2.36. The summed E-state index contributed by atoms with van der Waals surface area (Å²) in [5, 5.41) is -0.234. The second-order valence-corrected chi connectivity index (χ2v) is 11.3. The van der Waals surface area contributed by atoms with Crippen LogP contribution < -0.4 is 0 Å². The van der Waals surface area contributed by atoms with Crippen LogP contribution in [0.2, 0.25) is 6.55 Å². The molecule has 0 nitrogen and oxygen atoms in total. The first-order valence-electron chi connectivity index (χ1n) is 3.58. The van der Waals surface area contributed by atoms with Crippen molar-refractivity contribution in [1.29, 1.82) is 0 Å². The van der Waals surface area contributed by atoms with E-state index in [2.05, 4.69) is 0 Å². The Morgan fingerprint density at radius 2 is 1.67 bits per heavy atom. The molecule has 66 valence electrons. The van der Waals surface area contributed by atoms with Gasteiger partial charge in [-0.1, -0.05) is 30.3 Å². The molecule has 1 aromatic carbocycles.